The second kappa shape index (κ2) is 6.25. The minimum Gasteiger partial charge on any atom is -0.396 e. The van der Waals surface area contributed by atoms with Crippen molar-refractivity contribution in [3.63, 3.8) is 0 Å². The first-order valence-electron chi connectivity index (χ1n) is 7.08. The molecule has 112 valence electrons. The second-order valence-corrected chi connectivity index (χ2v) is 5.73. The van der Waals surface area contributed by atoms with Crippen molar-refractivity contribution in [3.05, 3.63) is 52.6 Å². The van der Waals surface area contributed by atoms with Crippen LogP contribution in [-0.2, 0) is 0 Å². The molecule has 3 nitrogen and oxygen atoms in total. The molecule has 3 rings (SSSR count). The maximum absolute atomic E-state index is 13.1. The second-order valence-electron chi connectivity index (χ2n) is 5.35. The standard InChI is InChI=1S/C17H15ClFN3/c18-16-13(4-3-12-7-14(19)10-21-8-12)5-6-15(17(16)20)22-9-11-1-2-11/h5-8,10-11,22H,1-2,9,20H2. The van der Waals surface area contributed by atoms with Crippen LogP contribution in [0.3, 0.4) is 0 Å². The molecule has 0 unspecified atom stereocenters. The Labute approximate surface area is 133 Å². The van der Waals surface area contributed by atoms with Crippen LogP contribution >= 0.6 is 11.6 Å². The van der Waals surface area contributed by atoms with Crippen molar-refractivity contribution < 1.29 is 4.39 Å². The number of rotatable bonds is 3. The van der Waals surface area contributed by atoms with E-state index in [9.17, 15) is 4.39 Å². The maximum atomic E-state index is 13.1. The van der Waals surface area contributed by atoms with Gasteiger partial charge in [-0.25, -0.2) is 4.39 Å². The van der Waals surface area contributed by atoms with E-state index in [1.807, 2.05) is 12.1 Å². The Morgan fingerprint density at radius 1 is 1.32 bits per heavy atom. The number of nitrogen functional groups attached to an aromatic ring is 1. The molecule has 0 bridgehead atoms. The highest BCUT2D eigenvalue weighted by atomic mass is 35.5. The summed E-state index contributed by atoms with van der Waals surface area (Å²) >= 11 is 6.27. The Balaban J connectivity index is 1.81. The van der Waals surface area contributed by atoms with Crippen LogP contribution in [0.4, 0.5) is 15.8 Å². The summed E-state index contributed by atoms with van der Waals surface area (Å²) in [5.74, 6) is 6.07. The summed E-state index contributed by atoms with van der Waals surface area (Å²) in [5.41, 5.74) is 8.47. The minimum atomic E-state index is -0.419. The van der Waals surface area contributed by atoms with E-state index in [1.54, 1.807) is 0 Å². The van der Waals surface area contributed by atoms with Crippen molar-refractivity contribution >= 4 is 23.0 Å². The van der Waals surface area contributed by atoms with Gasteiger partial charge in [0.2, 0.25) is 0 Å². The fourth-order valence-electron chi connectivity index (χ4n) is 2.04. The first kappa shape index (κ1) is 14.7. The topological polar surface area (TPSA) is 50.9 Å². The molecule has 1 fully saturated rings. The summed E-state index contributed by atoms with van der Waals surface area (Å²) in [7, 11) is 0. The van der Waals surface area contributed by atoms with Crippen molar-refractivity contribution in [2.45, 2.75) is 12.8 Å². The van der Waals surface area contributed by atoms with E-state index in [1.165, 1.54) is 25.1 Å². The summed E-state index contributed by atoms with van der Waals surface area (Å²) in [5, 5.41) is 3.72. The highest BCUT2D eigenvalue weighted by Gasteiger charge is 2.21. The Hall–Kier alpha value is -2.25. The number of nitrogens with two attached hydrogens (primary N) is 1. The maximum Gasteiger partial charge on any atom is 0.142 e. The van der Waals surface area contributed by atoms with Crippen LogP contribution in [-0.4, -0.2) is 11.5 Å². The number of anilines is 2. The number of halogens is 2. The van der Waals surface area contributed by atoms with Crippen molar-refractivity contribution in [1.29, 1.82) is 0 Å². The normalized spacial score (nSPS) is 13.4. The van der Waals surface area contributed by atoms with Crippen LogP contribution in [0.1, 0.15) is 24.0 Å². The molecule has 5 heteroatoms. The van der Waals surface area contributed by atoms with Crippen LogP contribution < -0.4 is 11.1 Å². The number of pyridine rings is 1. The van der Waals surface area contributed by atoms with Crippen molar-refractivity contribution in [2.75, 3.05) is 17.6 Å². The van der Waals surface area contributed by atoms with Gasteiger partial charge in [0, 0.05) is 23.9 Å². The van der Waals surface area contributed by atoms with Gasteiger partial charge in [0.1, 0.15) is 5.82 Å². The molecule has 1 aromatic carbocycles. The lowest BCUT2D eigenvalue weighted by Crippen LogP contribution is -2.06. The van der Waals surface area contributed by atoms with E-state index in [2.05, 4.69) is 22.1 Å². The number of nitrogens with zero attached hydrogens (tertiary/aromatic N) is 1. The summed E-state index contributed by atoms with van der Waals surface area (Å²) in [6.45, 7) is 0.917. The molecule has 0 amide bonds. The highest BCUT2D eigenvalue weighted by Crippen LogP contribution is 2.33. The number of hydrogen-bond donors (Lipinski definition) is 2. The van der Waals surface area contributed by atoms with Crippen molar-refractivity contribution in [2.24, 2.45) is 5.92 Å². The number of aromatic nitrogens is 1. The minimum absolute atomic E-state index is 0.414. The van der Waals surface area contributed by atoms with Crippen LogP contribution in [0, 0.1) is 23.6 Å². The van der Waals surface area contributed by atoms with E-state index >= 15 is 0 Å². The molecule has 0 saturated heterocycles. The van der Waals surface area contributed by atoms with Gasteiger partial charge in [-0.1, -0.05) is 23.4 Å². The average molecular weight is 316 g/mol. The van der Waals surface area contributed by atoms with E-state index in [-0.39, 0.29) is 0 Å². The zero-order chi connectivity index (χ0) is 15.5. The van der Waals surface area contributed by atoms with E-state index < -0.39 is 5.82 Å². The average Bonchev–Trinajstić information content (AvgIpc) is 3.32. The highest BCUT2D eigenvalue weighted by molar-refractivity contribution is 6.35. The predicted octanol–water partition coefficient (Wildman–Crippen LogP) is 3.68. The largest absolute Gasteiger partial charge is 0.396 e. The van der Waals surface area contributed by atoms with Gasteiger partial charge in [0.25, 0.3) is 0 Å². The zero-order valence-electron chi connectivity index (χ0n) is 11.9. The molecule has 1 saturated carbocycles. The number of nitrogens with one attached hydrogen (secondary N) is 1. The molecule has 1 heterocycles. The molecule has 1 aliphatic carbocycles. The first-order chi connectivity index (χ1) is 10.6. The predicted molar refractivity (Wildman–Crippen MR) is 87.3 cm³/mol. The third-order valence-corrected chi connectivity index (χ3v) is 3.91. The molecular formula is C17H15ClFN3. The van der Waals surface area contributed by atoms with Crippen LogP contribution in [0.15, 0.2) is 30.6 Å². The van der Waals surface area contributed by atoms with Gasteiger partial charge in [-0.2, -0.15) is 0 Å². The Morgan fingerprint density at radius 3 is 2.86 bits per heavy atom. The number of hydrogen-bond acceptors (Lipinski definition) is 3. The monoisotopic (exact) mass is 315 g/mol. The first-order valence-corrected chi connectivity index (χ1v) is 7.45. The Kier molecular flexibility index (Phi) is 4.17. The summed E-state index contributed by atoms with van der Waals surface area (Å²) in [6.07, 6.45) is 5.17. The molecule has 3 N–H and O–H groups in total. The van der Waals surface area contributed by atoms with Crippen molar-refractivity contribution in [3.8, 4) is 11.8 Å². The Bertz CT molecular complexity index is 760. The smallest absolute Gasteiger partial charge is 0.142 e. The molecule has 1 aromatic heterocycles. The van der Waals surface area contributed by atoms with Gasteiger partial charge >= 0.3 is 0 Å². The number of benzene rings is 1. The van der Waals surface area contributed by atoms with E-state index in [0.29, 0.717) is 21.8 Å². The van der Waals surface area contributed by atoms with Crippen LogP contribution in [0.25, 0.3) is 0 Å². The molecule has 0 atom stereocenters. The van der Waals surface area contributed by atoms with Gasteiger partial charge in [-0.3, -0.25) is 4.98 Å². The lowest BCUT2D eigenvalue weighted by Gasteiger charge is -2.11. The van der Waals surface area contributed by atoms with Gasteiger partial charge in [-0.15, -0.1) is 0 Å². The van der Waals surface area contributed by atoms with Gasteiger partial charge in [0.05, 0.1) is 22.6 Å². The SMILES string of the molecule is Nc1c(NCC2CC2)ccc(C#Cc2cncc(F)c2)c1Cl. The van der Waals surface area contributed by atoms with E-state index in [0.717, 1.165) is 24.3 Å². The molecule has 22 heavy (non-hydrogen) atoms. The molecule has 1 aliphatic rings. The van der Waals surface area contributed by atoms with Gasteiger partial charge < -0.3 is 11.1 Å². The molecule has 2 aromatic rings. The van der Waals surface area contributed by atoms with Crippen LogP contribution in [0.5, 0.6) is 0 Å². The van der Waals surface area contributed by atoms with Gasteiger partial charge in [0.15, 0.2) is 0 Å². The molecular weight excluding hydrogens is 301 g/mol. The lowest BCUT2D eigenvalue weighted by molar-refractivity contribution is 0.621. The fraction of sp³-hybridized carbons (Fsp3) is 0.235. The summed E-state index contributed by atoms with van der Waals surface area (Å²) < 4.78 is 13.1. The zero-order valence-corrected chi connectivity index (χ0v) is 12.6. The van der Waals surface area contributed by atoms with Crippen LogP contribution in [0.2, 0.25) is 5.02 Å². The summed E-state index contributed by atoms with van der Waals surface area (Å²) in [4.78, 5) is 3.75. The van der Waals surface area contributed by atoms with Gasteiger partial charge in [-0.05, 0) is 37.0 Å². The molecule has 0 aliphatic heterocycles. The third kappa shape index (κ3) is 3.49. The Morgan fingerprint density at radius 2 is 2.14 bits per heavy atom. The fourth-order valence-corrected chi connectivity index (χ4v) is 2.25. The third-order valence-electron chi connectivity index (χ3n) is 3.50. The lowest BCUT2D eigenvalue weighted by atomic mass is 10.1. The molecule has 0 radical (unpaired) electrons. The van der Waals surface area contributed by atoms with E-state index in [4.69, 9.17) is 17.3 Å². The summed E-state index contributed by atoms with van der Waals surface area (Å²) in [6, 6.07) is 5.01. The van der Waals surface area contributed by atoms with Crippen molar-refractivity contribution in [1.82, 2.24) is 4.98 Å². The quantitative estimate of drug-likeness (QED) is 0.671. The molecule has 0 spiro atoms.